The first-order valence-corrected chi connectivity index (χ1v) is 0.926. The van der Waals surface area contributed by atoms with E-state index in [1.54, 1.807) is 0 Å². The van der Waals surface area contributed by atoms with Gasteiger partial charge in [0, 0.05) is 68.9 Å². The summed E-state index contributed by atoms with van der Waals surface area (Å²) < 4.78 is 3.19. The minimum Gasteiger partial charge on any atom is -0.166 e. The Bertz CT molecular complexity index is 6.00. The molecule has 0 atom stereocenters. The Morgan fingerprint density at radius 1 is 1.25 bits per heavy atom. The van der Waals surface area contributed by atoms with Crippen molar-refractivity contribution >= 4 is 92.6 Å². The second kappa shape index (κ2) is 9.14. The molecule has 0 unspecified atom stereocenters. The van der Waals surface area contributed by atoms with E-state index in [-0.39, 0.29) is 68.9 Å². The summed E-state index contributed by atoms with van der Waals surface area (Å²) in [5.74, 6) is 0. The first-order valence-electron chi connectivity index (χ1n) is 0.309. The van der Waals surface area contributed by atoms with E-state index in [2.05, 4.69) is 27.6 Å². The number of hydrogen-bond acceptors (Lipinski definition) is 1. The van der Waals surface area contributed by atoms with Crippen LogP contribution in [-0.2, 0) is 3.84 Å². The summed E-state index contributed by atoms with van der Waals surface area (Å²) in [6.07, 6.45) is 0. The van der Waals surface area contributed by atoms with Gasteiger partial charge in [0.05, 0.1) is 23.7 Å². The van der Waals surface area contributed by atoms with Crippen molar-refractivity contribution < 1.29 is 3.84 Å². The Morgan fingerprint density at radius 2 is 1.25 bits per heavy atom. The maximum Gasteiger partial charge on any atom is 0.0832 e. The van der Waals surface area contributed by atoms with Crippen LogP contribution in [0.1, 0.15) is 0 Å². The predicted molar refractivity (Wildman–Crippen MR) is 18.5 cm³/mol. The molecule has 1 radical (unpaired) electrons. The van der Waals surface area contributed by atoms with Crippen LogP contribution in [0.15, 0.2) is 0 Å². The number of rotatable bonds is 0. The van der Waals surface area contributed by atoms with Gasteiger partial charge in [0.25, 0.3) is 0 Å². The molecule has 0 N–H and O–H groups in total. The first kappa shape index (κ1) is 9.78. The molecule has 0 spiro atoms. The van der Waals surface area contributed by atoms with E-state index in [1.807, 2.05) is 0 Å². The molecule has 0 amide bonds. The molecule has 0 bridgehead atoms. The summed E-state index contributed by atoms with van der Waals surface area (Å²) in [4.78, 5) is 0. The van der Waals surface area contributed by atoms with Crippen LogP contribution in [0.2, 0.25) is 0 Å². The molecule has 0 aromatic heterocycles. The van der Waals surface area contributed by atoms with Crippen molar-refractivity contribution in [1.82, 2.24) is 0 Å². The van der Waals surface area contributed by atoms with Crippen LogP contribution in [0, 0.1) is 0 Å². The van der Waals surface area contributed by atoms with E-state index in [0.717, 1.165) is 0 Å². The van der Waals surface area contributed by atoms with Crippen molar-refractivity contribution in [2.45, 2.75) is 0 Å². The van der Waals surface area contributed by atoms with Crippen molar-refractivity contribution in [2.24, 2.45) is 0 Å². The van der Waals surface area contributed by atoms with Crippen LogP contribution >= 0.6 is 23.7 Å². The minimum absolute atomic E-state index is 0. The van der Waals surface area contributed by atoms with Crippen LogP contribution in [-0.4, -0.2) is 68.9 Å². The molecule has 0 saturated carbocycles. The standard InChI is InChI=1S/Cl2O.Cs/c1-3-2;. The van der Waals surface area contributed by atoms with Crippen molar-refractivity contribution in [3.63, 3.8) is 0 Å². The molecular formula is Cl2CsO. The van der Waals surface area contributed by atoms with Gasteiger partial charge in [-0.1, -0.05) is 0 Å². The van der Waals surface area contributed by atoms with Gasteiger partial charge in [0.2, 0.25) is 0 Å². The zero-order chi connectivity index (χ0) is 2.71. The third-order valence-corrected chi connectivity index (χ3v) is 0. The molecule has 4 heteroatoms. The summed E-state index contributed by atoms with van der Waals surface area (Å²) in [5, 5.41) is 0. The Labute approximate surface area is 93.7 Å². The second-order valence-electron chi connectivity index (χ2n) is 0.0583. The van der Waals surface area contributed by atoms with Gasteiger partial charge < -0.3 is 0 Å². The quantitative estimate of drug-likeness (QED) is 0.589. The molecular weight excluding hydrogens is 220 g/mol. The van der Waals surface area contributed by atoms with E-state index < -0.39 is 0 Å². The summed E-state index contributed by atoms with van der Waals surface area (Å²) in [6, 6.07) is 0. The SMILES string of the molecule is ClOCl.[Cs]. The van der Waals surface area contributed by atoms with Crippen LogP contribution in [0.4, 0.5) is 0 Å². The molecule has 0 aromatic rings. The Hall–Kier alpha value is 2.59. The zero-order valence-electron chi connectivity index (χ0n) is 2.16. The predicted octanol–water partition coefficient (Wildman–Crippen LogP) is 0.930. The average molecular weight is 220 g/mol. The fourth-order valence-electron chi connectivity index (χ4n) is 0. The third-order valence-electron chi connectivity index (χ3n) is 0. The topological polar surface area (TPSA) is 9.23 Å². The fourth-order valence-corrected chi connectivity index (χ4v) is 0. The number of halogens is 2. The molecule has 0 aliphatic carbocycles. The minimum atomic E-state index is 0. The average Bonchev–Trinajstić information content (AvgIpc) is 0.918. The Kier molecular flexibility index (Phi) is 22.3. The second-order valence-corrected chi connectivity index (χ2v) is 0.525. The molecule has 0 aromatic carbocycles. The maximum absolute atomic E-state index is 4.26. The molecule has 0 saturated heterocycles. The van der Waals surface area contributed by atoms with Gasteiger partial charge in [-0.3, -0.25) is 0 Å². The van der Waals surface area contributed by atoms with Crippen molar-refractivity contribution in [1.29, 1.82) is 0 Å². The van der Waals surface area contributed by atoms with Gasteiger partial charge >= 0.3 is 0 Å². The van der Waals surface area contributed by atoms with Gasteiger partial charge in [-0.2, -0.15) is 3.84 Å². The van der Waals surface area contributed by atoms with Crippen LogP contribution in [0.5, 0.6) is 0 Å². The molecule has 0 heterocycles. The largest absolute Gasteiger partial charge is 0.166 e. The van der Waals surface area contributed by atoms with Crippen LogP contribution in [0.3, 0.4) is 0 Å². The normalized spacial score (nSPS) is 4.50. The molecule has 1 nitrogen and oxygen atoms in total. The molecule has 0 aliphatic heterocycles. The summed E-state index contributed by atoms with van der Waals surface area (Å²) >= 11 is 8.53. The van der Waals surface area contributed by atoms with Crippen molar-refractivity contribution in [3.05, 3.63) is 0 Å². The smallest absolute Gasteiger partial charge is 0.0832 e. The van der Waals surface area contributed by atoms with E-state index in [9.17, 15) is 0 Å². The number of hydrogen-bond donors (Lipinski definition) is 0. The molecule has 0 rings (SSSR count). The van der Waals surface area contributed by atoms with Crippen LogP contribution in [0.25, 0.3) is 0 Å². The van der Waals surface area contributed by atoms with Gasteiger partial charge in [-0.15, -0.1) is 0 Å². The Morgan fingerprint density at radius 3 is 1.25 bits per heavy atom. The summed E-state index contributed by atoms with van der Waals surface area (Å²) in [5.41, 5.74) is 0. The molecule has 0 aliphatic rings. The maximum atomic E-state index is 4.26. The van der Waals surface area contributed by atoms with Crippen LogP contribution < -0.4 is 0 Å². The van der Waals surface area contributed by atoms with Gasteiger partial charge in [0.1, 0.15) is 0 Å². The van der Waals surface area contributed by atoms with Crippen molar-refractivity contribution in [2.75, 3.05) is 0 Å². The third kappa shape index (κ3) is 8.82. The molecule has 4 heavy (non-hydrogen) atoms. The first-order chi connectivity index (χ1) is 1.41. The van der Waals surface area contributed by atoms with Gasteiger partial charge in [-0.25, -0.2) is 0 Å². The Balaban J connectivity index is 0. The zero-order valence-corrected chi connectivity index (χ0v) is 9.96. The van der Waals surface area contributed by atoms with E-state index in [4.69, 9.17) is 0 Å². The van der Waals surface area contributed by atoms with Gasteiger partial charge in [0.15, 0.2) is 0 Å². The summed E-state index contributed by atoms with van der Waals surface area (Å²) in [7, 11) is 0. The van der Waals surface area contributed by atoms with E-state index in [0.29, 0.717) is 0 Å². The van der Waals surface area contributed by atoms with Gasteiger partial charge in [-0.05, 0) is 0 Å². The monoisotopic (exact) mass is 219 g/mol. The molecule has 0 fully saturated rings. The van der Waals surface area contributed by atoms with Crippen molar-refractivity contribution in [3.8, 4) is 0 Å². The van der Waals surface area contributed by atoms with E-state index >= 15 is 0 Å². The molecule has 21 valence electrons. The fraction of sp³-hybridized carbons (Fsp3) is 0. The summed E-state index contributed by atoms with van der Waals surface area (Å²) in [6.45, 7) is 0. The van der Waals surface area contributed by atoms with E-state index in [1.165, 1.54) is 0 Å².